The second-order valence-electron chi connectivity index (χ2n) is 8.37. The molecular weight excluding hydrogens is 360 g/mol. The lowest BCUT2D eigenvalue weighted by molar-refractivity contribution is -0.110. The third-order valence-electron chi connectivity index (χ3n) is 6.89. The molecule has 1 aliphatic heterocycles. The Balaban J connectivity index is 1.52. The van der Waals surface area contributed by atoms with Crippen LogP contribution in [-0.2, 0) is 5.60 Å². The fraction of sp³-hybridized carbons (Fsp3) is 0.360. The van der Waals surface area contributed by atoms with Gasteiger partial charge in [0.1, 0.15) is 0 Å². The lowest BCUT2D eigenvalue weighted by Crippen LogP contribution is -2.59. The summed E-state index contributed by atoms with van der Waals surface area (Å²) in [6, 6.07) is 19.7. The number of piperidine rings is 1. The molecule has 1 saturated heterocycles. The molecule has 1 amide bonds. The van der Waals surface area contributed by atoms with E-state index in [1.807, 2.05) is 65.6 Å². The van der Waals surface area contributed by atoms with Crippen molar-refractivity contribution in [2.45, 2.75) is 43.7 Å². The number of aliphatic hydroxyl groups is 1. The zero-order valence-electron chi connectivity index (χ0n) is 16.5. The van der Waals surface area contributed by atoms with Gasteiger partial charge in [-0.05, 0) is 37.0 Å². The average Bonchev–Trinajstić information content (AvgIpc) is 2.79. The first-order valence-electron chi connectivity index (χ1n) is 10.6. The molecule has 1 aromatic heterocycles. The van der Waals surface area contributed by atoms with Crippen molar-refractivity contribution in [1.29, 1.82) is 0 Å². The van der Waals surface area contributed by atoms with E-state index in [4.69, 9.17) is 0 Å². The maximum Gasteiger partial charge on any atom is 0.254 e. The predicted molar refractivity (Wildman–Crippen MR) is 113 cm³/mol. The van der Waals surface area contributed by atoms with Crippen LogP contribution < -0.4 is 0 Å². The number of fused-ring (bicyclic) bond motifs is 2. The highest BCUT2D eigenvalue weighted by Crippen LogP contribution is 2.47. The first kappa shape index (κ1) is 18.3. The van der Waals surface area contributed by atoms with Gasteiger partial charge in [0.25, 0.3) is 5.91 Å². The van der Waals surface area contributed by atoms with Crippen molar-refractivity contribution in [2.75, 3.05) is 6.54 Å². The predicted octanol–water partition coefficient (Wildman–Crippen LogP) is 4.53. The Morgan fingerprint density at radius 2 is 1.76 bits per heavy atom. The lowest BCUT2D eigenvalue weighted by Gasteiger charge is -2.52. The maximum absolute atomic E-state index is 13.6. The highest BCUT2D eigenvalue weighted by Gasteiger charge is 2.50. The van der Waals surface area contributed by atoms with Crippen LogP contribution in [0.2, 0.25) is 0 Å². The number of aromatic nitrogens is 1. The van der Waals surface area contributed by atoms with Gasteiger partial charge in [0, 0.05) is 30.1 Å². The Morgan fingerprint density at radius 3 is 2.62 bits per heavy atom. The fourth-order valence-electron chi connectivity index (χ4n) is 5.46. The van der Waals surface area contributed by atoms with Gasteiger partial charge in [-0.2, -0.15) is 0 Å². The normalized spacial score (nSPS) is 26.9. The molecule has 2 fully saturated rings. The van der Waals surface area contributed by atoms with Crippen molar-refractivity contribution in [3.05, 3.63) is 78.0 Å². The van der Waals surface area contributed by atoms with Gasteiger partial charge in [-0.15, -0.1) is 0 Å². The minimum Gasteiger partial charge on any atom is -0.385 e. The summed E-state index contributed by atoms with van der Waals surface area (Å²) >= 11 is 0. The molecule has 1 N–H and O–H groups in total. The summed E-state index contributed by atoms with van der Waals surface area (Å²) in [5, 5.41) is 12.6. The Bertz CT molecular complexity index is 1030. The van der Waals surface area contributed by atoms with Crippen molar-refractivity contribution in [1.82, 2.24) is 9.88 Å². The number of para-hydroxylation sites is 1. The van der Waals surface area contributed by atoms with Gasteiger partial charge in [-0.3, -0.25) is 9.78 Å². The summed E-state index contributed by atoms with van der Waals surface area (Å²) in [7, 11) is 0. The van der Waals surface area contributed by atoms with E-state index in [-0.39, 0.29) is 17.9 Å². The lowest BCUT2D eigenvalue weighted by atomic mass is 9.66. The molecule has 4 nitrogen and oxygen atoms in total. The third kappa shape index (κ3) is 3.03. The van der Waals surface area contributed by atoms with Crippen molar-refractivity contribution in [3.8, 4) is 0 Å². The molecule has 3 atom stereocenters. The van der Waals surface area contributed by atoms with Gasteiger partial charge in [0.2, 0.25) is 0 Å². The van der Waals surface area contributed by atoms with E-state index in [2.05, 4.69) is 4.98 Å². The molecule has 148 valence electrons. The standard InChI is InChI=1S/C25H26N2O2/c28-24(20-14-16-26-22-12-6-4-10-19(20)22)27-17-15-25(29,18-8-2-1-3-9-18)21-11-5-7-13-23(21)27/h1-4,6,8-10,12,14,16,21,23,29H,5,7,11,13,15,17H2. The number of likely N-dealkylation sites (tertiary alicyclic amines) is 1. The quantitative estimate of drug-likeness (QED) is 0.704. The monoisotopic (exact) mass is 386 g/mol. The smallest absolute Gasteiger partial charge is 0.254 e. The van der Waals surface area contributed by atoms with Crippen LogP contribution in [0.25, 0.3) is 10.9 Å². The average molecular weight is 386 g/mol. The number of rotatable bonds is 2. The molecule has 2 heterocycles. The van der Waals surface area contributed by atoms with Crippen LogP contribution in [0, 0.1) is 5.92 Å². The first-order chi connectivity index (χ1) is 14.2. The Kier molecular flexibility index (Phi) is 4.59. The van der Waals surface area contributed by atoms with Gasteiger partial charge < -0.3 is 10.0 Å². The second kappa shape index (κ2) is 7.27. The van der Waals surface area contributed by atoms with E-state index in [1.165, 1.54) is 0 Å². The molecule has 4 heteroatoms. The number of carbonyl (C=O) groups excluding carboxylic acids is 1. The van der Waals surface area contributed by atoms with Crippen molar-refractivity contribution in [3.63, 3.8) is 0 Å². The van der Waals surface area contributed by atoms with Crippen LogP contribution in [0.4, 0.5) is 0 Å². The third-order valence-corrected chi connectivity index (χ3v) is 6.89. The Labute approximate surface area is 171 Å². The van der Waals surface area contributed by atoms with E-state index in [1.54, 1.807) is 6.20 Å². The number of nitrogens with zero attached hydrogens (tertiary/aromatic N) is 2. The number of pyridine rings is 1. The summed E-state index contributed by atoms with van der Waals surface area (Å²) in [5.41, 5.74) is 1.68. The summed E-state index contributed by atoms with van der Waals surface area (Å²) in [4.78, 5) is 20.1. The minimum atomic E-state index is -0.858. The molecular formula is C25H26N2O2. The van der Waals surface area contributed by atoms with Gasteiger partial charge in [0.05, 0.1) is 16.7 Å². The van der Waals surface area contributed by atoms with Crippen LogP contribution in [0.15, 0.2) is 66.9 Å². The van der Waals surface area contributed by atoms with Gasteiger partial charge in [-0.1, -0.05) is 61.4 Å². The highest BCUT2D eigenvalue weighted by atomic mass is 16.3. The number of amides is 1. The molecule has 3 unspecified atom stereocenters. The van der Waals surface area contributed by atoms with E-state index in [0.717, 1.165) is 42.1 Å². The molecule has 29 heavy (non-hydrogen) atoms. The summed E-state index contributed by atoms with van der Waals surface area (Å²) < 4.78 is 0. The van der Waals surface area contributed by atoms with Crippen molar-refractivity contribution in [2.24, 2.45) is 5.92 Å². The van der Waals surface area contributed by atoms with E-state index in [9.17, 15) is 9.90 Å². The molecule has 1 aliphatic carbocycles. The SMILES string of the molecule is O=C(c1ccnc2ccccc12)N1CCC(O)(c2ccccc2)C2CCCCC21. The van der Waals surface area contributed by atoms with Crippen LogP contribution >= 0.6 is 0 Å². The van der Waals surface area contributed by atoms with Crippen molar-refractivity contribution < 1.29 is 9.90 Å². The molecule has 0 spiro atoms. The topological polar surface area (TPSA) is 53.4 Å². The van der Waals surface area contributed by atoms with Crippen LogP contribution in [0.3, 0.4) is 0 Å². The number of hydrogen-bond acceptors (Lipinski definition) is 3. The number of benzene rings is 2. The van der Waals surface area contributed by atoms with E-state index in [0.29, 0.717) is 18.5 Å². The van der Waals surface area contributed by atoms with E-state index < -0.39 is 5.60 Å². The van der Waals surface area contributed by atoms with Gasteiger partial charge in [0.15, 0.2) is 0 Å². The molecule has 2 aliphatic rings. The molecule has 0 radical (unpaired) electrons. The van der Waals surface area contributed by atoms with Crippen LogP contribution in [-0.4, -0.2) is 33.5 Å². The highest BCUT2D eigenvalue weighted by molar-refractivity contribution is 6.06. The molecule has 3 aromatic rings. The largest absolute Gasteiger partial charge is 0.385 e. The summed E-state index contributed by atoms with van der Waals surface area (Å²) in [6.45, 7) is 0.571. The zero-order valence-corrected chi connectivity index (χ0v) is 16.5. The van der Waals surface area contributed by atoms with Gasteiger partial charge in [-0.25, -0.2) is 0 Å². The Hall–Kier alpha value is -2.72. The molecule has 5 rings (SSSR count). The number of hydrogen-bond donors (Lipinski definition) is 1. The van der Waals surface area contributed by atoms with Crippen molar-refractivity contribution >= 4 is 16.8 Å². The summed E-state index contributed by atoms with van der Waals surface area (Å²) in [6.07, 6.45) is 6.42. The van der Waals surface area contributed by atoms with Crippen LogP contribution in [0.1, 0.15) is 48.0 Å². The first-order valence-corrected chi connectivity index (χ1v) is 10.6. The zero-order chi connectivity index (χ0) is 19.8. The fourth-order valence-corrected chi connectivity index (χ4v) is 5.46. The Morgan fingerprint density at radius 1 is 1.00 bits per heavy atom. The van der Waals surface area contributed by atoms with Crippen LogP contribution in [0.5, 0.6) is 0 Å². The molecule has 2 aromatic carbocycles. The second-order valence-corrected chi connectivity index (χ2v) is 8.37. The number of carbonyl (C=O) groups is 1. The minimum absolute atomic E-state index is 0.0654. The molecule has 1 saturated carbocycles. The summed E-state index contributed by atoms with van der Waals surface area (Å²) in [5.74, 6) is 0.139. The molecule has 0 bridgehead atoms. The maximum atomic E-state index is 13.6. The van der Waals surface area contributed by atoms with Gasteiger partial charge >= 0.3 is 0 Å². The van der Waals surface area contributed by atoms with E-state index >= 15 is 0 Å².